The van der Waals surface area contributed by atoms with E-state index in [1.807, 2.05) is 31.2 Å². The van der Waals surface area contributed by atoms with E-state index < -0.39 is 0 Å². The van der Waals surface area contributed by atoms with Crippen molar-refractivity contribution in [2.45, 2.75) is 19.9 Å². The van der Waals surface area contributed by atoms with E-state index in [2.05, 4.69) is 36.5 Å². The third-order valence-corrected chi connectivity index (χ3v) is 3.78. The summed E-state index contributed by atoms with van der Waals surface area (Å²) in [5, 5.41) is 5.69. The van der Waals surface area contributed by atoms with Crippen LogP contribution in [0.25, 0.3) is 10.8 Å². The number of hydrogen-bond donors (Lipinski definition) is 1. The number of halogens is 1. The molecule has 0 aliphatic rings. The van der Waals surface area contributed by atoms with Crippen molar-refractivity contribution < 1.29 is 4.39 Å². The number of aryl methyl sites for hydroxylation is 1. The van der Waals surface area contributed by atoms with Crippen LogP contribution in [0.1, 0.15) is 24.1 Å². The number of benzene rings is 3. The van der Waals surface area contributed by atoms with Crippen LogP contribution in [0, 0.1) is 12.7 Å². The Labute approximate surface area is 124 Å². The molecule has 0 aliphatic heterocycles. The van der Waals surface area contributed by atoms with Crippen molar-refractivity contribution in [2.75, 3.05) is 5.32 Å². The molecule has 0 spiro atoms. The van der Waals surface area contributed by atoms with Gasteiger partial charge < -0.3 is 5.32 Å². The second kappa shape index (κ2) is 5.57. The van der Waals surface area contributed by atoms with Gasteiger partial charge in [-0.05, 0) is 47.9 Å². The molecule has 0 aliphatic carbocycles. The lowest BCUT2D eigenvalue weighted by molar-refractivity contribution is 0.627. The number of anilines is 1. The first-order valence-electron chi connectivity index (χ1n) is 7.15. The smallest absolute Gasteiger partial charge is 0.146 e. The Morgan fingerprint density at radius 3 is 2.57 bits per heavy atom. The van der Waals surface area contributed by atoms with Crippen LogP contribution in [0.4, 0.5) is 10.1 Å². The average molecular weight is 279 g/mol. The highest BCUT2D eigenvalue weighted by molar-refractivity contribution is 5.86. The van der Waals surface area contributed by atoms with Gasteiger partial charge in [-0.3, -0.25) is 0 Å². The van der Waals surface area contributed by atoms with E-state index >= 15 is 0 Å². The molecule has 3 aromatic rings. The van der Waals surface area contributed by atoms with Gasteiger partial charge in [0, 0.05) is 6.04 Å². The molecular weight excluding hydrogens is 261 g/mol. The highest BCUT2D eigenvalue weighted by atomic mass is 19.1. The SMILES string of the molecule is Cc1ccc(F)c(NC(C)c2cccc3ccccc23)c1. The maximum Gasteiger partial charge on any atom is 0.146 e. The molecule has 0 heterocycles. The minimum absolute atomic E-state index is 0.0346. The molecule has 1 nitrogen and oxygen atoms in total. The van der Waals surface area contributed by atoms with Crippen molar-refractivity contribution in [3.8, 4) is 0 Å². The van der Waals surface area contributed by atoms with Gasteiger partial charge >= 0.3 is 0 Å². The van der Waals surface area contributed by atoms with Crippen molar-refractivity contribution in [3.05, 3.63) is 77.6 Å². The van der Waals surface area contributed by atoms with E-state index in [4.69, 9.17) is 0 Å². The normalized spacial score (nSPS) is 12.3. The molecule has 0 radical (unpaired) electrons. The van der Waals surface area contributed by atoms with Crippen LogP contribution >= 0.6 is 0 Å². The molecule has 106 valence electrons. The van der Waals surface area contributed by atoms with Crippen molar-refractivity contribution in [1.29, 1.82) is 0 Å². The van der Waals surface area contributed by atoms with Gasteiger partial charge in [0.25, 0.3) is 0 Å². The second-order valence-corrected chi connectivity index (χ2v) is 5.42. The maximum absolute atomic E-state index is 13.9. The fourth-order valence-corrected chi connectivity index (χ4v) is 2.69. The van der Waals surface area contributed by atoms with Crippen molar-refractivity contribution >= 4 is 16.5 Å². The summed E-state index contributed by atoms with van der Waals surface area (Å²) in [5.41, 5.74) is 2.77. The Morgan fingerprint density at radius 1 is 0.952 bits per heavy atom. The zero-order valence-electron chi connectivity index (χ0n) is 12.2. The molecule has 0 saturated carbocycles. The van der Waals surface area contributed by atoms with E-state index in [0.29, 0.717) is 5.69 Å². The van der Waals surface area contributed by atoms with E-state index in [0.717, 1.165) is 5.56 Å². The van der Waals surface area contributed by atoms with Crippen LogP contribution in [0.5, 0.6) is 0 Å². The van der Waals surface area contributed by atoms with Crippen LogP contribution in [0.3, 0.4) is 0 Å². The molecule has 3 rings (SSSR count). The summed E-state index contributed by atoms with van der Waals surface area (Å²) in [5.74, 6) is -0.215. The summed E-state index contributed by atoms with van der Waals surface area (Å²) in [4.78, 5) is 0. The van der Waals surface area contributed by atoms with Crippen LogP contribution in [0.2, 0.25) is 0 Å². The van der Waals surface area contributed by atoms with Gasteiger partial charge in [-0.15, -0.1) is 0 Å². The Morgan fingerprint density at radius 2 is 1.71 bits per heavy atom. The largest absolute Gasteiger partial charge is 0.376 e. The van der Waals surface area contributed by atoms with Gasteiger partial charge in [-0.1, -0.05) is 48.5 Å². The van der Waals surface area contributed by atoms with Gasteiger partial charge in [-0.25, -0.2) is 4.39 Å². The first-order valence-corrected chi connectivity index (χ1v) is 7.15. The zero-order valence-corrected chi connectivity index (χ0v) is 12.2. The Hall–Kier alpha value is -2.35. The van der Waals surface area contributed by atoms with E-state index in [1.165, 1.54) is 22.4 Å². The van der Waals surface area contributed by atoms with Crippen molar-refractivity contribution in [1.82, 2.24) is 0 Å². The topological polar surface area (TPSA) is 12.0 Å². The molecule has 0 aromatic heterocycles. The zero-order chi connectivity index (χ0) is 14.8. The molecule has 21 heavy (non-hydrogen) atoms. The fraction of sp³-hybridized carbons (Fsp3) is 0.158. The van der Waals surface area contributed by atoms with Crippen LogP contribution in [-0.4, -0.2) is 0 Å². The third kappa shape index (κ3) is 2.75. The molecular formula is C19H18FN. The highest BCUT2D eigenvalue weighted by Crippen LogP contribution is 2.28. The van der Waals surface area contributed by atoms with Gasteiger partial charge in [0.05, 0.1) is 5.69 Å². The van der Waals surface area contributed by atoms with Gasteiger partial charge in [0.1, 0.15) is 5.82 Å². The van der Waals surface area contributed by atoms with Gasteiger partial charge in [-0.2, -0.15) is 0 Å². The van der Waals surface area contributed by atoms with Crippen LogP contribution in [0.15, 0.2) is 60.7 Å². The molecule has 2 heteroatoms. The summed E-state index contributed by atoms with van der Waals surface area (Å²) in [6, 6.07) is 19.7. The summed E-state index contributed by atoms with van der Waals surface area (Å²) in [6.45, 7) is 4.02. The highest BCUT2D eigenvalue weighted by Gasteiger charge is 2.11. The van der Waals surface area contributed by atoms with E-state index in [9.17, 15) is 4.39 Å². The molecule has 0 fully saturated rings. The van der Waals surface area contributed by atoms with E-state index in [1.54, 1.807) is 6.07 Å². The molecule has 0 amide bonds. The number of rotatable bonds is 3. The average Bonchev–Trinajstić information content (AvgIpc) is 2.50. The second-order valence-electron chi connectivity index (χ2n) is 5.42. The lowest BCUT2D eigenvalue weighted by atomic mass is 9.99. The lowest BCUT2D eigenvalue weighted by Crippen LogP contribution is -2.08. The quantitative estimate of drug-likeness (QED) is 0.671. The molecule has 1 atom stereocenters. The van der Waals surface area contributed by atoms with Crippen molar-refractivity contribution in [2.24, 2.45) is 0 Å². The summed E-state index contributed by atoms with van der Waals surface area (Å²) in [6.07, 6.45) is 0. The first kappa shape index (κ1) is 13.6. The standard InChI is InChI=1S/C19H18FN/c1-13-10-11-18(20)19(12-13)21-14(2)16-9-5-7-15-6-3-4-8-17(15)16/h3-12,14,21H,1-2H3. The number of nitrogens with one attached hydrogen (secondary N) is 1. The summed E-state index contributed by atoms with van der Waals surface area (Å²) < 4.78 is 13.9. The maximum atomic E-state index is 13.9. The van der Waals surface area contributed by atoms with Gasteiger partial charge in [0.15, 0.2) is 0 Å². The monoisotopic (exact) mass is 279 g/mol. The lowest BCUT2D eigenvalue weighted by Gasteiger charge is -2.18. The molecule has 0 saturated heterocycles. The molecule has 1 unspecified atom stereocenters. The number of fused-ring (bicyclic) bond motifs is 1. The minimum atomic E-state index is -0.215. The predicted octanol–water partition coefficient (Wildman–Crippen LogP) is 5.46. The predicted molar refractivity (Wildman–Crippen MR) is 87.1 cm³/mol. The number of hydrogen-bond acceptors (Lipinski definition) is 1. The van der Waals surface area contributed by atoms with Crippen LogP contribution in [-0.2, 0) is 0 Å². The first-order chi connectivity index (χ1) is 10.1. The minimum Gasteiger partial charge on any atom is -0.376 e. The Kier molecular flexibility index (Phi) is 3.61. The fourth-order valence-electron chi connectivity index (χ4n) is 2.69. The Bertz CT molecular complexity index is 774. The summed E-state index contributed by atoms with van der Waals surface area (Å²) in [7, 11) is 0. The van der Waals surface area contributed by atoms with Gasteiger partial charge in [0.2, 0.25) is 0 Å². The van der Waals surface area contributed by atoms with E-state index in [-0.39, 0.29) is 11.9 Å². The third-order valence-electron chi connectivity index (χ3n) is 3.78. The molecule has 1 N–H and O–H groups in total. The summed E-state index contributed by atoms with van der Waals surface area (Å²) >= 11 is 0. The van der Waals surface area contributed by atoms with Crippen molar-refractivity contribution in [3.63, 3.8) is 0 Å². The molecule has 3 aromatic carbocycles. The van der Waals surface area contributed by atoms with Crippen LogP contribution < -0.4 is 5.32 Å². The Balaban J connectivity index is 1.97. The molecule has 0 bridgehead atoms.